The number of benzene rings is 3. The number of nitrogens with zero attached hydrogens (tertiary/aromatic N) is 7. The molecule has 3 saturated heterocycles. The molecule has 0 spiro atoms. The number of anilines is 3. The standard InChI is InChI=1S/C48H56N10O5/c59-42-16-15-41(48(62)54-42)35-9-4-10-40(27-35)63-30-44(61)57-20-17-33(18-21-57)8-5-19-55-22-24-56(25-23-55)38-13-11-36(12-14-38)53-46-45-47(50-31-49-46)58(32-51-45)39-28-37(29-39)52-43(60)26-34-6-2-1-3-7-34/h1-4,6-7,9-14,27,31-33,37,39,41H,5,8,15-26,28-30H2,(H,52,60)(H,49,50,53)(H,54,59,62). The number of amides is 4. The van der Waals surface area contributed by atoms with Gasteiger partial charge in [0.25, 0.3) is 5.91 Å². The van der Waals surface area contributed by atoms with Crippen molar-refractivity contribution in [2.45, 2.75) is 75.8 Å². The molecule has 1 aliphatic carbocycles. The summed E-state index contributed by atoms with van der Waals surface area (Å²) in [6, 6.07) is 26.0. The molecule has 5 aromatic rings. The quantitative estimate of drug-likeness (QED) is 0.116. The zero-order valence-corrected chi connectivity index (χ0v) is 35.7. The first-order chi connectivity index (χ1) is 30.8. The molecule has 4 fully saturated rings. The second kappa shape index (κ2) is 19.4. The van der Waals surface area contributed by atoms with Gasteiger partial charge in [-0.15, -0.1) is 0 Å². The Morgan fingerprint density at radius 3 is 2.41 bits per heavy atom. The molecular formula is C48H56N10O5. The van der Waals surface area contributed by atoms with Crippen molar-refractivity contribution < 1.29 is 23.9 Å². The van der Waals surface area contributed by atoms with Gasteiger partial charge in [0.05, 0.1) is 18.7 Å². The molecule has 4 amide bonds. The molecule has 0 bridgehead atoms. The number of hydrogen-bond donors (Lipinski definition) is 3. The average Bonchev–Trinajstić information content (AvgIpc) is 3.72. The monoisotopic (exact) mass is 852 g/mol. The highest BCUT2D eigenvalue weighted by molar-refractivity contribution is 6.01. The van der Waals surface area contributed by atoms with Crippen LogP contribution in [0.1, 0.15) is 74.5 Å². The molecule has 1 atom stereocenters. The Kier molecular flexibility index (Phi) is 12.9. The second-order valence-corrected chi connectivity index (χ2v) is 17.4. The number of imide groups is 1. The summed E-state index contributed by atoms with van der Waals surface area (Å²) in [5.74, 6) is 0.990. The van der Waals surface area contributed by atoms with E-state index in [1.165, 1.54) is 12.1 Å². The zero-order valence-electron chi connectivity index (χ0n) is 35.7. The maximum absolute atomic E-state index is 13.0. The minimum atomic E-state index is -0.385. The van der Waals surface area contributed by atoms with Gasteiger partial charge < -0.3 is 29.7 Å². The van der Waals surface area contributed by atoms with Crippen molar-refractivity contribution >= 4 is 52.0 Å². The third kappa shape index (κ3) is 10.3. The summed E-state index contributed by atoms with van der Waals surface area (Å²) < 4.78 is 7.96. The normalized spacial score (nSPS) is 20.9. The Bertz CT molecular complexity index is 2390. The van der Waals surface area contributed by atoms with Crippen LogP contribution < -0.4 is 25.6 Å². The number of ether oxygens (including phenoxy) is 1. The Labute approximate surface area is 367 Å². The van der Waals surface area contributed by atoms with Gasteiger partial charge in [-0.1, -0.05) is 42.5 Å². The van der Waals surface area contributed by atoms with Crippen LogP contribution in [0.15, 0.2) is 91.5 Å². The van der Waals surface area contributed by atoms with Crippen LogP contribution in [0.2, 0.25) is 0 Å². The van der Waals surface area contributed by atoms with E-state index in [9.17, 15) is 19.2 Å². The number of hydrogen-bond acceptors (Lipinski definition) is 11. The van der Waals surface area contributed by atoms with Gasteiger partial charge in [-0.3, -0.25) is 29.4 Å². The minimum absolute atomic E-state index is 0.0121. The fourth-order valence-corrected chi connectivity index (χ4v) is 9.47. The number of carbonyl (C=O) groups excluding carboxylic acids is 4. The van der Waals surface area contributed by atoms with Crippen molar-refractivity contribution in [3.8, 4) is 5.75 Å². The third-order valence-electron chi connectivity index (χ3n) is 13.2. The topological polar surface area (TPSA) is 167 Å². The van der Waals surface area contributed by atoms with Crippen molar-refractivity contribution in [2.24, 2.45) is 5.92 Å². The molecule has 3 aromatic carbocycles. The van der Waals surface area contributed by atoms with E-state index in [2.05, 4.69) is 69.5 Å². The Morgan fingerprint density at radius 1 is 0.841 bits per heavy atom. The zero-order chi connectivity index (χ0) is 43.1. The van der Waals surface area contributed by atoms with Crippen LogP contribution in [-0.4, -0.2) is 111 Å². The Morgan fingerprint density at radius 2 is 1.63 bits per heavy atom. The number of piperazine rings is 1. The molecule has 15 nitrogen and oxygen atoms in total. The molecule has 3 aliphatic heterocycles. The van der Waals surface area contributed by atoms with Gasteiger partial charge in [-0.25, -0.2) is 15.0 Å². The number of rotatable bonds is 15. The SMILES string of the molecule is O=C1CCC(c2cccc(OCC(=O)N3CCC(CCCN4CCN(c5ccc(Nc6ncnc7c6ncn7C6CC(NC(=O)Cc7ccccc7)C6)cc5)CC4)CC3)c2)C(=O)N1. The number of aromatic nitrogens is 4. The predicted octanol–water partition coefficient (Wildman–Crippen LogP) is 5.37. The number of fused-ring (bicyclic) bond motifs is 1. The van der Waals surface area contributed by atoms with Gasteiger partial charge >= 0.3 is 0 Å². The van der Waals surface area contributed by atoms with E-state index in [4.69, 9.17) is 4.74 Å². The van der Waals surface area contributed by atoms with E-state index in [0.29, 0.717) is 36.7 Å². The lowest BCUT2D eigenvalue weighted by atomic mass is 9.86. The molecule has 3 N–H and O–H groups in total. The van der Waals surface area contributed by atoms with Crippen molar-refractivity contribution in [1.82, 2.24) is 40.0 Å². The van der Waals surface area contributed by atoms with E-state index in [1.807, 2.05) is 53.7 Å². The number of carbonyl (C=O) groups is 4. The minimum Gasteiger partial charge on any atom is -0.484 e. The van der Waals surface area contributed by atoms with Crippen molar-refractivity contribution in [2.75, 3.05) is 62.6 Å². The molecule has 5 heterocycles. The first-order valence-electron chi connectivity index (χ1n) is 22.5. The van der Waals surface area contributed by atoms with Gasteiger partial charge in [-0.05, 0) is 105 Å². The molecule has 0 radical (unpaired) electrons. The molecule has 4 aliphatic rings. The number of likely N-dealkylation sites (tertiary alicyclic amines) is 1. The highest BCUT2D eigenvalue weighted by Gasteiger charge is 2.33. The molecule has 1 unspecified atom stereocenters. The van der Waals surface area contributed by atoms with E-state index < -0.39 is 0 Å². The smallest absolute Gasteiger partial charge is 0.260 e. The lowest BCUT2D eigenvalue weighted by molar-refractivity contribution is -0.135. The average molecular weight is 853 g/mol. The predicted molar refractivity (Wildman–Crippen MR) is 240 cm³/mol. The number of piperidine rings is 2. The summed E-state index contributed by atoms with van der Waals surface area (Å²) >= 11 is 0. The maximum Gasteiger partial charge on any atom is 0.260 e. The van der Waals surface area contributed by atoms with E-state index in [1.54, 1.807) is 18.5 Å². The van der Waals surface area contributed by atoms with Gasteiger partial charge in [0.1, 0.15) is 12.1 Å². The first kappa shape index (κ1) is 42.0. The molecule has 1 saturated carbocycles. The summed E-state index contributed by atoms with van der Waals surface area (Å²) in [5.41, 5.74) is 5.47. The molecule has 328 valence electrons. The lowest BCUT2D eigenvalue weighted by Gasteiger charge is -2.37. The highest BCUT2D eigenvalue weighted by Crippen LogP contribution is 2.36. The summed E-state index contributed by atoms with van der Waals surface area (Å²) in [6.45, 7) is 6.61. The van der Waals surface area contributed by atoms with Crippen molar-refractivity contribution in [3.05, 3.63) is 103 Å². The molecule has 9 rings (SSSR count). The van der Waals surface area contributed by atoms with Crippen LogP contribution in [0.4, 0.5) is 17.2 Å². The second-order valence-electron chi connectivity index (χ2n) is 17.4. The summed E-state index contributed by atoms with van der Waals surface area (Å²) in [6.07, 6.45) is 10.6. The van der Waals surface area contributed by atoms with Gasteiger partial charge in [0, 0.05) is 69.1 Å². The van der Waals surface area contributed by atoms with Crippen LogP contribution in [0.5, 0.6) is 5.75 Å². The Hall–Kier alpha value is -6.35. The van der Waals surface area contributed by atoms with Crippen molar-refractivity contribution in [3.63, 3.8) is 0 Å². The van der Waals surface area contributed by atoms with Gasteiger partial charge in [-0.2, -0.15) is 0 Å². The van der Waals surface area contributed by atoms with E-state index in [0.717, 1.165) is 106 Å². The third-order valence-corrected chi connectivity index (χ3v) is 13.2. The van der Waals surface area contributed by atoms with Crippen LogP contribution >= 0.6 is 0 Å². The summed E-state index contributed by atoms with van der Waals surface area (Å²) in [4.78, 5) is 70.1. The van der Waals surface area contributed by atoms with Crippen molar-refractivity contribution in [1.29, 1.82) is 0 Å². The van der Waals surface area contributed by atoms with Crippen LogP contribution in [0, 0.1) is 5.92 Å². The number of imidazole rings is 1. The lowest BCUT2D eigenvalue weighted by Crippen LogP contribution is -2.46. The van der Waals surface area contributed by atoms with E-state index in [-0.39, 0.29) is 48.2 Å². The first-order valence-corrected chi connectivity index (χ1v) is 22.5. The largest absolute Gasteiger partial charge is 0.484 e. The molecule has 15 heteroatoms. The van der Waals surface area contributed by atoms with Gasteiger partial charge in [0.15, 0.2) is 23.6 Å². The summed E-state index contributed by atoms with van der Waals surface area (Å²) in [5, 5.41) is 9.04. The van der Waals surface area contributed by atoms with E-state index >= 15 is 0 Å². The van der Waals surface area contributed by atoms with Gasteiger partial charge in [0.2, 0.25) is 17.7 Å². The fraction of sp³-hybridized carbons (Fsp3) is 0.438. The molecule has 63 heavy (non-hydrogen) atoms. The van der Waals surface area contributed by atoms with Crippen LogP contribution in [0.25, 0.3) is 11.2 Å². The van der Waals surface area contributed by atoms with Crippen LogP contribution in [-0.2, 0) is 25.6 Å². The number of nitrogens with one attached hydrogen (secondary N) is 3. The fourth-order valence-electron chi connectivity index (χ4n) is 9.47. The highest BCUT2D eigenvalue weighted by atomic mass is 16.5. The molecular weight excluding hydrogens is 797 g/mol. The maximum atomic E-state index is 13.0. The molecule has 2 aromatic heterocycles. The summed E-state index contributed by atoms with van der Waals surface area (Å²) in [7, 11) is 0. The Balaban J connectivity index is 0.662. The van der Waals surface area contributed by atoms with Crippen LogP contribution in [0.3, 0.4) is 0 Å².